The van der Waals surface area contributed by atoms with Gasteiger partial charge in [-0.25, -0.2) is 0 Å². The molecule has 0 aromatic carbocycles. The summed E-state index contributed by atoms with van der Waals surface area (Å²) in [6.07, 6.45) is 8.81. The lowest BCUT2D eigenvalue weighted by Crippen LogP contribution is -2.33. The zero-order chi connectivity index (χ0) is 9.64. The zero-order valence-electron chi connectivity index (χ0n) is 8.91. The molecule has 1 heterocycles. The van der Waals surface area contributed by atoms with Gasteiger partial charge in [-0.1, -0.05) is 25.7 Å². The molecule has 0 aromatic heterocycles. The first-order valence-corrected chi connectivity index (χ1v) is 8.17. The summed E-state index contributed by atoms with van der Waals surface area (Å²) in [4.78, 5) is 2.73. The summed E-state index contributed by atoms with van der Waals surface area (Å²) >= 11 is 4.26. The highest BCUT2D eigenvalue weighted by atomic mass is 32.2. The topological polar surface area (TPSA) is 3.24 Å². The van der Waals surface area contributed by atoms with Crippen LogP contribution in [0.4, 0.5) is 0 Å². The lowest BCUT2D eigenvalue weighted by molar-refractivity contribution is 0.247. The zero-order valence-corrected chi connectivity index (χ0v) is 10.5. The molecule has 0 radical (unpaired) electrons. The van der Waals surface area contributed by atoms with Crippen LogP contribution >= 0.6 is 23.5 Å². The highest BCUT2D eigenvalue weighted by molar-refractivity contribution is 8.03. The normalized spacial score (nSPS) is 28.3. The number of thioether (sulfide) groups is 2. The molecule has 0 aromatic rings. The fourth-order valence-electron chi connectivity index (χ4n) is 2.35. The van der Waals surface area contributed by atoms with Gasteiger partial charge in [0.25, 0.3) is 0 Å². The molecule has 2 fully saturated rings. The first kappa shape index (κ1) is 11.2. The van der Waals surface area contributed by atoms with E-state index in [1.807, 2.05) is 0 Å². The maximum atomic E-state index is 2.73. The predicted molar refractivity (Wildman–Crippen MR) is 68.0 cm³/mol. The molecule has 3 heteroatoms. The van der Waals surface area contributed by atoms with Gasteiger partial charge in [0.15, 0.2) is 0 Å². The largest absolute Gasteiger partial charge is 0.282 e. The standard InChI is InChI=1S/C11H21NS2/c1-2-4-6-11(5-3-1)12-9-13-7-8-14-10-12/h11H,1-10H2. The molecule has 0 unspecified atom stereocenters. The molecule has 0 N–H and O–H groups in total. The molecule has 2 aliphatic rings. The van der Waals surface area contributed by atoms with Crippen LogP contribution in [-0.2, 0) is 0 Å². The van der Waals surface area contributed by atoms with Gasteiger partial charge in [-0.3, -0.25) is 4.90 Å². The van der Waals surface area contributed by atoms with Crippen LogP contribution in [0, 0.1) is 0 Å². The fraction of sp³-hybridized carbons (Fsp3) is 1.00. The van der Waals surface area contributed by atoms with E-state index in [4.69, 9.17) is 0 Å². The monoisotopic (exact) mass is 231 g/mol. The predicted octanol–water partition coefficient (Wildman–Crippen LogP) is 3.41. The van der Waals surface area contributed by atoms with Crippen molar-refractivity contribution in [3.63, 3.8) is 0 Å². The Bertz CT molecular complexity index is 129. The molecule has 0 bridgehead atoms. The summed E-state index contributed by atoms with van der Waals surface area (Å²) in [6, 6.07) is 0.913. The summed E-state index contributed by atoms with van der Waals surface area (Å²) in [6.45, 7) is 0. The molecule has 1 saturated carbocycles. The molecule has 2 rings (SSSR count). The van der Waals surface area contributed by atoms with Gasteiger partial charge in [0.2, 0.25) is 0 Å². The highest BCUT2D eigenvalue weighted by Gasteiger charge is 2.20. The Balaban J connectivity index is 1.83. The summed E-state index contributed by atoms with van der Waals surface area (Å²) in [5.41, 5.74) is 0. The van der Waals surface area contributed by atoms with E-state index >= 15 is 0 Å². The molecule has 82 valence electrons. The van der Waals surface area contributed by atoms with Crippen LogP contribution < -0.4 is 0 Å². The van der Waals surface area contributed by atoms with Crippen LogP contribution in [0.3, 0.4) is 0 Å². The van der Waals surface area contributed by atoms with Gasteiger partial charge in [-0.05, 0) is 12.8 Å². The van der Waals surface area contributed by atoms with Crippen molar-refractivity contribution in [1.82, 2.24) is 4.90 Å². The lowest BCUT2D eigenvalue weighted by atomic mass is 10.1. The van der Waals surface area contributed by atoms with Crippen molar-refractivity contribution in [2.24, 2.45) is 0 Å². The first-order chi connectivity index (χ1) is 6.97. The van der Waals surface area contributed by atoms with Crippen LogP contribution in [0.5, 0.6) is 0 Å². The molecule has 0 amide bonds. The van der Waals surface area contributed by atoms with Gasteiger partial charge in [-0.2, -0.15) is 0 Å². The van der Waals surface area contributed by atoms with Crippen LogP contribution in [0.2, 0.25) is 0 Å². The van der Waals surface area contributed by atoms with E-state index in [0.29, 0.717) is 0 Å². The fourth-order valence-corrected chi connectivity index (χ4v) is 4.74. The summed E-state index contributed by atoms with van der Waals surface area (Å²) in [5.74, 6) is 5.29. The Labute approximate surface area is 96.4 Å². The Morgan fingerprint density at radius 1 is 0.786 bits per heavy atom. The third kappa shape index (κ3) is 3.35. The van der Waals surface area contributed by atoms with Crippen LogP contribution in [0.1, 0.15) is 38.5 Å². The molecule has 14 heavy (non-hydrogen) atoms. The maximum absolute atomic E-state index is 2.73. The molecule has 0 atom stereocenters. The number of rotatable bonds is 1. The van der Waals surface area contributed by atoms with E-state index in [-0.39, 0.29) is 0 Å². The number of hydrogen-bond donors (Lipinski definition) is 0. The van der Waals surface area contributed by atoms with Crippen molar-refractivity contribution < 1.29 is 0 Å². The first-order valence-electron chi connectivity index (χ1n) is 5.86. The van der Waals surface area contributed by atoms with Gasteiger partial charge >= 0.3 is 0 Å². The second kappa shape index (κ2) is 6.29. The lowest BCUT2D eigenvalue weighted by Gasteiger charge is -2.28. The second-order valence-corrected chi connectivity index (χ2v) is 6.46. The molecule has 0 spiro atoms. The highest BCUT2D eigenvalue weighted by Crippen LogP contribution is 2.26. The van der Waals surface area contributed by atoms with E-state index in [2.05, 4.69) is 28.4 Å². The Kier molecular flexibility index (Phi) is 5.01. The van der Waals surface area contributed by atoms with Crippen molar-refractivity contribution in [2.75, 3.05) is 23.3 Å². The minimum atomic E-state index is 0.913. The average molecular weight is 231 g/mol. The van der Waals surface area contributed by atoms with Crippen molar-refractivity contribution >= 4 is 23.5 Å². The summed E-state index contributed by atoms with van der Waals surface area (Å²) < 4.78 is 0. The molecule has 1 saturated heterocycles. The Morgan fingerprint density at radius 2 is 1.36 bits per heavy atom. The van der Waals surface area contributed by atoms with Gasteiger partial charge in [-0.15, -0.1) is 23.5 Å². The van der Waals surface area contributed by atoms with Crippen LogP contribution in [-0.4, -0.2) is 34.2 Å². The van der Waals surface area contributed by atoms with E-state index in [0.717, 1.165) is 6.04 Å². The van der Waals surface area contributed by atoms with E-state index in [9.17, 15) is 0 Å². The molecular weight excluding hydrogens is 210 g/mol. The summed E-state index contributed by atoms with van der Waals surface area (Å²) in [5, 5.41) is 0. The van der Waals surface area contributed by atoms with Crippen molar-refractivity contribution in [3.8, 4) is 0 Å². The Hall–Kier alpha value is 0.660. The van der Waals surface area contributed by atoms with E-state index < -0.39 is 0 Å². The average Bonchev–Trinajstić information content (AvgIpc) is 2.62. The van der Waals surface area contributed by atoms with Crippen molar-refractivity contribution in [1.29, 1.82) is 0 Å². The molecular formula is C11H21NS2. The second-order valence-electron chi connectivity index (χ2n) is 4.31. The maximum Gasteiger partial charge on any atom is 0.0455 e. The van der Waals surface area contributed by atoms with E-state index in [1.54, 1.807) is 0 Å². The van der Waals surface area contributed by atoms with Gasteiger partial charge < -0.3 is 0 Å². The van der Waals surface area contributed by atoms with E-state index in [1.165, 1.54) is 61.8 Å². The minimum Gasteiger partial charge on any atom is -0.282 e. The Morgan fingerprint density at radius 3 is 1.93 bits per heavy atom. The SMILES string of the molecule is C1CCCC(N2CSCCSC2)CC1. The van der Waals surface area contributed by atoms with Gasteiger partial charge in [0, 0.05) is 29.3 Å². The summed E-state index contributed by atoms with van der Waals surface area (Å²) in [7, 11) is 0. The smallest absolute Gasteiger partial charge is 0.0455 e. The van der Waals surface area contributed by atoms with Gasteiger partial charge in [0.1, 0.15) is 0 Å². The molecule has 1 aliphatic carbocycles. The number of nitrogens with zero attached hydrogens (tertiary/aromatic N) is 1. The quantitative estimate of drug-likeness (QED) is 0.637. The van der Waals surface area contributed by atoms with Gasteiger partial charge in [0.05, 0.1) is 0 Å². The molecule has 1 nitrogen and oxygen atoms in total. The number of hydrogen-bond acceptors (Lipinski definition) is 3. The third-order valence-electron chi connectivity index (χ3n) is 3.23. The third-order valence-corrected chi connectivity index (χ3v) is 5.50. The molecule has 1 aliphatic heterocycles. The van der Waals surface area contributed by atoms with Crippen molar-refractivity contribution in [2.45, 2.75) is 44.6 Å². The van der Waals surface area contributed by atoms with Crippen LogP contribution in [0.25, 0.3) is 0 Å². The minimum absolute atomic E-state index is 0.913. The van der Waals surface area contributed by atoms with Crippen LogP contribution in [0.15, 0.2) is 0 Å². The van der Waals surface area contributed by atoms with Crippen molar-refractivity contribution in [3.05, 3.63) is 0 Å².